The number of nitriles is 1. The van der Waals surface area contributed by atoms with Crippen LogP contribution in [0.25, 0.3) is 11.3 Å². The number of hydrogen-bond donors (Lipinski definition) is 2. The number of hydrogen-bond acceptors (Lipinski definition) is 4. The van der Waals surface area contributed by atoms with Crippen molar-refractivity contribution in [3.8, 4) is 17.3 Å². The highest BCUT2D eigenvalue weighted by Crippen LogP contribution is 2.22. The lowest BCUT2D eigenvalue weighted by Crippen LogP contribution is -2.16. The average Bonchev–Trinajstić information content (AvgIpc) is 3.18. The van der Waals surface area contributed by atoms with Crippen LogP contribution in [0, 0.1) is 11.3 Å². The molecule has 0 saturated heterocycles. The molecule has 7 heteroatoms. The molecule has 0 aliphatic carbocycles. The topological polar surface area (TPSA) is 99.4 Å². The minimum atomic E-state index is -0.365. The molecule has 0 bridgehead atoms. The molecule has 108 valence electrons. The molecule has 3 rings (SSSR count). The Labute approximate surface area is 126 Å². The van der Waals surface area contributed by atoms with E-state index in [1.54, 1.807) is 36.1 Å². The Bertz CT molecular complexity index is 857. The Kier molecular flexibility index (Phi) is 3.42. The zero-order valence-electron chi connectivity index (χ0n) is 11.7. The predicted molar refractivity (Wildman–Crippen MR) is 79.9 cm³/mol. The van der Waals surface area contributed by atoms with Crippen molar-refractivity contribution < 1.29 is 4.79 Å². The van der Waals surface area contributed by atoms with Crippen molar-refractivity contribution in [2.45, 2.75) is 0 Å². The number of nitrogens with one attached hydrogen (secondary N) is 2. The zero-order valence-corrected chi connectivity index (χ0v) is 11.7. The summed E-state index contributed by atoms with van der Waals surface area (Å²) >= 11 is 0. The van der Waals surface area contributed by atoms with Gasteiger partial charge in [-0.25, -0.2) is 9.97 Å². The normalized spacial score (nSPS) is 10.2. The summed E-state index contributed by atoms with van der Waals surface area (Å²) in [7, 11) is 1.79. The third-order valence-electron chi connectivity index (χ3n) is 3.21. The summed E-state index contributed by atoms with van der Waals surface area (Å²) < 4.78 is 1.75. The third-order valence-corrected chi connectivity index (χ3v) is 3.21. The summed E-state index contributed by atoms with van der Waals surface area (Å²) in [6.07, 6.45) is 4.73. The maximum Gasteiger partial charge on any atom is 0.293 e. The predicted octanol–water partition coefficient (Wildman–Crippen LogP) is 1.93. The second-order valence-electron chi connectivity index (χ2n) is 4.61. The summed E-state index contributed by atoms with van der Waals surface area (Å²) in [4.78, 5) is 22.8. The van der Waals surface area contributed by atoms with Crippen LogP contribution in [-0.2, 0) is 7.05 Å². The molecule has 1 aromatic carbocycles. The maximum absolute atomic E-state index is 12.0. The largest absolute Gasteiger partial charge is 0.341 e. The van der Waals surface area contributed by atoms with Gasteiger partial charge >= 0.3 is 0 Å². The van der Waals surface area contributed by atoms with Crippen molar-refractivity contribution in [2.24, 2.45) is 7.05 Å². The number of H-pyrrole nitrogens is 1. The van der Waals surface area contributed by atoms with Gasteiger partial charge in [0.15, 0.2) is 5.82 Å². The number of aromatic nitrogens is 4. The van der Waals surface area contributed by atoms with Crippen molar-refractivity contribution >= 4 is 11.9 Å². The molecule has 0 radical (unpaired) electrons. The molecular formula is C15H12N6O. The van der Waals surface area contributed by atoms with Gasteiger partial charge in [-0.2, -0.15) is 5.26 Å². The number of amides is 1. The Morgan fingerprint density at radius 1 is 1.41 bits per heavy atom. The van der Waals surface area contributed by atoms with Gasteiger partial charge in [0.1, 0.15) is 0 Å². The second-order valence-corrected chi connectivity index (χ2v) is 4.61. The van der Waals surface area contributed by atoms with Crippen LogP contribution in [0.1, 0.15) is 16.2 Å². The van der Waals surface area contributed by atoms with E-state index >= 15 is 0 Å². The molecule has 0 atom stereocenters. The monoisotopic (exact) mass is 292 g/mol. The van der Waals surface area contributed by atoms with Crippen LogP contribution in [-0.4, -0.2) is 25.4 Å². The van der Waals surface area contributed by atoms with E-state index in [4.69, 9.17) is 5.26 Å². The van der Waals surface area contributed by atoms with Crippen molar-refractivity contribution in [3.05, 3.63) is 54.2 Å². The van der Waals surface area contributed by atoms with Gasteiger partial charge in [-0.3, -0.25) is 10.1 Å². The Morgan fingerprint density at radius 2 is 2.27 bits per heavy atom. The zero-order chi connectivity index (χ0) is 15.5. The highest BCUT2D eigenvalue weighted by atomic mass is 16.2. The number of carbonyl (C=O) groups excluding carboxylic acids is 1. The highest BCUT2D eigenvalue weighted by molar-refractivity contribution is 6.00. The van der Waals surface area contributed by atoms with E-state index in [0.717, 1.165) is 11.3 Å². The lowest BCUT2D eigenvalue weighted by molar-refractivity contribution is 0.101. The minimum Gasteiger partial charge on any atom is -0.341 e. The molecule has 22 heavy (non-hydrogen) atoms. The molecule has 0 fully saturated rings. The molecule has 0 unspecified atom stereocenters. The Balaban J connectivity index is 1.89. The molecule has 0 spiro atoms. The van der Waals surface area contributed by atoms with Crippen LogP contribution in [0.3, 0.4) is 0 Å². The lowest BCUT2D eigenvalue weighted by Gasteiger charge is -2.06. The first-order chi connectivity index (χ1) is 10.7. The molecule has 2 heterocycles. The minimum absolute atomic E-state index is 0.219. The number of aromatic amines is 1. The van der Waals surface area contributed by atoms with Crippen molar-refractivity contribution in [3.63, 3.8) is 0 Å². The summed E-state index contributed by atoms with van der Waals surface area (Å²) in [6.45, 7) is 0. The van der Waals surface area contributed by atoms with E-state index in [1.165, 1.54) is 6.20 Å². The summed E-state index contributed by atoms with van der Waals surface area (Å²) in [5.41, 5.74) is 2.22. The van der Waals surface area contributed by atoms with Gasteiger partial charge in [0.2, 0.25) is 5.95 Å². The fraction of sp³-hybridized carbons (Fsp3) is 0.0667. The van der Waals surface area contributed by atoms with Gasteiger partial charge < -0.3 is 9.55 Å². The van der Waals surface area contributed by atoms with Crippen molar-refractivity contribution in [2.75, 3.05) is 5.32 Å². The molecule has 3 aromatic rings. The van der Waals surface area contributed by atoms with Gasteiger partial charge in [0, 0.05) is 25.0 Å². The number of anilines is 1. The SMILES string of the molecule is Cn1c(-c2cccc(C#N)c2)cnc1NC(=O)c1ncc[nH]1. The van der Waals surface area contributed by atoms with Gasteiger partial charge in [0.25, 0.3) is 5.91 Å². The van der Waals surface area contributed by atoms with E-state index in [2.05, 4.69) is 26.3 Å². The van der Waals surface area contributed by atoms with Gasteiger partial charge in [-0.1, -0.05) is 12.1 Å². The maximum atomic E-state index is 12.0. The van der Waals surface area contributed by atoms with Crippen molar-refractivity contribution in [1.29, 1.82) is 5.26 Å². The first-order valence-corrected chi connectivity index (χ1v) is 6.52. The molecule has 0 saturated carbocycles. The van der Waals surface area contributed by atoms with Gasteiger partial charge in [0.05, 0.1) is 23.5 Å². The molecule has 1 amide bonds. The first-order valence-electron chi connectivity index (χ1n) is 6.52. The van der Waals surface area contributed by atoms with Crippen LogP contribution >= 0.6 is 0 Å². The fourth-order valence-electron chi connectivity index (χ4n) is 2.09. The van der Waals surface area contributed by atoms with E-state index in [1.807, 2.05) is 12.1 Å². The molecule has 7 nitrogen and oxygen atoms in total. The molecule has 0 aliphatic rings. The van der Waals surface area contributed by atoms with E-state index < -0.39 is 0 Å². The molecule has 2 N–H and O–H groups in total. The van der Waals surface area contributed by atoms with Gasteiger partial charge in [-0.05, 0) is 12.1 Å². The molecule has 2 aromatic heterocycles. The number of nitrogens with zero attached hydrogens (tertiary/aromatic N) is 4. The summed E-state index contributed by atoms with van der Waals surface area (Å²) in [5, 5.41) is 11.7. The molecule has 0 aliphatic heterocycles. The Hall–Kier alpha value is -3.40. The van der Waals surface area contributed by atoms with Crippen LogP contribution in [0.5, 0.6) is 0 Å². The average molecular weight is 292 g/mol. The van der Waals surface area contributed by atoms with E-state index in [0.29, 0.717) is 11.5 Å². The highest BCUT2D eigenvalue weighted by Gasteiger charge is 2.14. The van der Waals surface area contributed by atoms with Crippen LogP contribution in [0.4, 0.5) is 5.95 Å². The quantitative estimate of drug-likeness (QED) is 0.770. The second kappa shape index (κ2) is 5.54. The van der Waals surface area contributed by atoms with Crippen LogP contribution < -0.4 is 5.32 Å². The van der Waals surface area contributed by atoms with Gasteiger partial charge in [-0.15, -0.1) is 0 Å². The van der Waals surface area contributed by atoms with E-state index in [-0.39, 0.29) is 11.7 Å². The van der Waals surface area contributed by atoms with Crippen LogP contribution in [0.2, 0.25) is 0 Å². The third kappa shape index (κ3) is 2.45. The number of carbonyl (C=O) groups is 1. The summed E-state index contributed by atoms with van der Waals surface area (Å²) in [5.74, 6) is 0.255. The summed E-state index contributed by atoms with van der Waals surface area (Å²) in [6, 6.07) is 9.30. The Morgan fingerprint density at radius 3 is 3.00 bits per heavy atom. The smallest absolute Gasteiger partial charge is 0.293 e. The van der Waals surface area contributed by atoms with E-state index in [9.17, 15) is 4.79 Å². The number of benzene rings is 1. The molecular weight excluding hydrogens is 280 g/mol. The van der Waals surface area contributed by atoms with Crippen LogP contribution in [0.15, 0.2) is 42.9 Å². The number of imidazole rings is 2. The first kappa shape index (κ1) is 13.6. The number of rotatable bonds is 3. The standard InChI is InChI=1S/C15H12N6O/c1-21-12(11-4-2-3-10(7-11)8-16)9-19-15(21)20-14(22)13-17-5-6-18-13/h2-7,9H,1H3,(H,17,18)(H,19,20,22). The van der Waals surface area contributed by atoms with Crippen molar-refractivity contribution in [1.82, 2.24) is 19.5 Å². The fourth-order valence-corrected chi connectivity index (χ4v) is 2.09. The lowest BCUT2D eigenvalue weighted by atomic mass is 10.1.